The summed E-state index contributed by atoms with van der Waals surface area (Å²) in [5.74, 6) is -0.503. The van der Waals surface area contributed by atoms with Crippen LogP contribution in [-0.4, -0.2) is 31.0 Å². The van der Waals surface area contributed by atoms with Crippen LogP contribution in [0.25, 0.3) is 0 Å². The molecule has 2 amide bonds. The molecule has 1 saturated heterocycles. The van der Waals surface area contributed by atoms with Crippen LogP contribution in [-0.2, 0) is 9.59 Å². The van der Waals surface area contributed by atoms with E-state index in [-0.39, 0.29) is 36.1 Å². The number of carbonyl (C=O) groups excluding carboxylic acids is 2. The number of hydrogen-bond acceptors (Lipinski definition) is 3. The second kappa shape index (κ2) is 7.44. The van der Waals surface area contributed by atoms with Crippen molar-refractivity contribution in [1.82, 2.24) is 5.32 Å². The Morgan fingerprint density at radius 3 is 2.78 bits per heavy atom. The van der Waals surface area contributed by atoms with Gasteiger partial charge in [0.05, 0.1) is 7.11 Å². The largest absolute Gasteiger partial charge is 0.494 e. The molecule has 5 nitrogen and oxygen atoms in total. The van der Waals surface area contributed by atoms with Crippen molar-refractivity contribution < 1.29 is 18.7 Å². The van der Waals surface area contributed by atoms with Gasteiger partial charge in [0.1, 0.15) is 0 Å². The van der Waals surface area contributed by atoms with Gasteiger partial charge in [-0.25, -0.2) is 4.39 Å². The Balaban J connectivity index is 2.15. The Morgan fingerprint density at radius 1 is 1.48 bits per heavy atom. The predicted octanol–water partition coefficient (Wildman–Crippen LogP) is 2.63. The highest BCUT2D eigenvalue weighted by Crippen LogP contribution is 2.26. The fourth-order valence-corrected chi connectivity index (χ4v) is 2.88. The van der Waals surface area contributed by atoms with E-state index in [0.717, 1.165) is 12.8 Å². The maximum absolute atomic E-state index is 13.9. The van der Waals surface area contributed by atoms with E-state index in [2.05, 4.69) is 5.32 Å². The van der Waals surface area contributed by atoms with Gasteiger partial charge in [0.15, 0.2) is 11.6 Å². The van der Waals surface area contributed by atoms with Gasteiger partial charge >= 0.3 is 0 Å². The number of benzene rings is 1. The van der Waals surface area contributed by atoms with Crippen molar-refractivity contribution in [2.75, 3.05) is 12.0 Å². The van der Waals surface area contributed by atoms with Crippen LogP contribution in [0.2, 0.25) is 0 Å². The van der Waals surface area contributed by atoms with Gasteiger partial charge < -0.3 is 15.0 Å². The van der Waals surface area contributed by atoms with Crippen molar-refractivity contribution in [1.29, 1.82) is 0 Å². The maximum atomic E-state index is 13.9. The predicted molar refractivity (Wildman–Crippen MR) is 86.0 cm³/mol. The number of nitrogens with zero attached hydrogens (tertiary/aromatic N) is 1. The zero-order chi connectivity index (χ0) is 17.0. The van der Waals surface area contributed by atoms with E-state index in [4.69, 9.17) is 4.74 Å². The molecule has 0 aromatic heterocycles. The van der Waals surface area contributed by atoms with Gasteiger partial charge in [-0.05, 0) is 38.8 Å². The molecule has 126 valence electrons. The van der Waals surface area contributed by atoms with Crippen molar-refractivity contribution in [2.24, 2.45) is 0 Å². The number of halogens is 1. The summed E-state index contributed by atoms with van der Waals surface area (Å²) in [5, 5.41) is 2.84. The van der Waals surface area contributed by atoms with Crippen molar-refractivity contribution in [2.45, 2.75) is 51.6 Å². The number of piperidine rings is 1. The minimum atomic E-state index is -0.505. The number of amides is 2. The molecule has 0 radical (unpaired) electrons. The third-order valence-electron chi connectivity index (χ3n) is 3.94. The molecular formula is C17H23FN2O3. The summed E-state index contributed by atoms with van der Waals surface area (Å²) >= 11 is 0. The van der Waals surface area contributed by atoms with Crippen molar-refractivity contribution in [3.63, 3.8) is 0 Å². The quantitative estimate of drug-likeness (QED) is 0.906. The summed E-state index contributed by atoms with van der Waals surface area (Å²) in [6, 6.07) is 4.22. The van der Waals surface area contributed by atoms with Crippen LogP contribution >= 0.6 is 0 Å². The molecule has 1 aromatic carbocycles. The lowest BCUT2D eigenvalue weighted by molar-refractivity contribution is -0.124. The molecule has 23 heavy (non-hydrogen) atoms. The van der Waals surface area contributed by atoms with Crippen LogP contribution in [0.4, 0.5) is 10.1 Å². The van der Waals surface area contributed by atoms with E-state index >= 15 is 0 Å². The molecule has 0 spiro atoms. The zero-order valence-electron chi connectivity index (χ0n) is 13.8. The van der Waals surface area contributed by atoms with Crippen LogP contribution in [0.15, 0.2) is 18.2 Å². The van der Waals surface area contributed by atoms with Gasteiger partial charge in [-0.2, -0.15) is 0 Å². The molecule has 1 fully saturated rings. The highest BCUT2D eigenvalue weighted by atomic mass is 19.1. The lowest BCUT2D eigenvalue weighted by Crippen LogP contribution is -2.45. The van der Waals surface area contributed by atoms with Crippen molar-refractivity contribution >= 4 is 17.5 Å². The number of hydrogen-bond donors (Lipinski definition) is 1. The number of nitrogens with one attached hydrogen (secondary N) is 1. The fraction of sp³-hybridized carbons (Fsp3) is 0.529. The molecule has 1 aliphatic heterocycles. The van der Waals surface area contributed by atoms with Crippen LogP contribution in [0.5, 0.6) is 5.75 Å². The minimum absolute atomic E-state index is 0.0133. The van der Waals surface area contributed by atoms with E-state index < -0.39 is 5.82 Å². The molecular weight excluding hydrogens is 299 g/mol. The Bertz CT molecular complexity index is 589. The van der Waals surface area contributed by atoms with Gasteiger partial charge in [0.2, 0.25) is 11.8 Å². The zero-order valence-corrected chi connectivity index (χ0v) is 13.8. The molecule has 1 N–H and O–H groups in total. The summed E-state index contributed by atoms with van der Waals surface area (Å²) in [7, 11) is 1.40. The lowest BCUT2D eigenvalue weighted by Gasteiger charge is -2.30. The Morgan fingerprint density at radius 2 is 2.22 bits per heavy atom. The number of methoxy groups -OCH3 is 1. The number of rotatable bonds is 5. The van der Waals surface area contributed by atoms with Gasteiger partial charge in [-0.15, -0.1) is 0 Å². The topological polar surface area (TPSA) is 58.6 Å². The third kappa shape index (κ3) is 4.21. The van der Waals surface area contributed by atoms with E-state index in [1.165, 1.54) is 19.2 Å². The molecule has 1 aromatic rings. The average molecular weight is 322 g/mol. The summed E-state index contributed by atoms with van der Waals surface area (Å²) in [5.41, 5.74) is 0.491. The van der Waals surface area contributed by atoms with E-state index in [9.17, 15) is 14.0 Å². The molecule has 6 heteroatoms. The number of ether oxygens (including phenoxy) is 1. The molecule has 0 aliphatic carbocycles. The summed E-state index contributed by atoms with van der Waals surface area (Å²) in [6.45, 7) is 3.75. The van der Waals surface area contributed by atoms with E-state index in [1.807, 2.05) is 13.8 Å². The summed E-state index contributed by atoms with van der Waals surface area (Å²) in [6.07, 6.45) is 2.32. The molecule has 1 unspecified atom stereocenters. The first-order valence-electron chi connectivity index (χ1n) is 7.87. The minimum Gasteiger partial charge on any atom is -0.494 e. The molecule has 1 heterocycles. The van der Waals surface area contributed by atoms with Gasteiger partial charge in [0, 0.05) is 36.7 Å². The first-order chi connectivity index (χ1) is 10.9. The average Bonchev–Trinajstić information content (AvgIpc) is 2.47. The molecule has 0 bridgehead atoms. The molecule has 0 saturated carbocycles. The number of carbonyl (C=O) groups is 2. The van der Waals surface area contributed by atoms with Crippen LogP contribution in [0.3, 0.4) is 0 Å². The second-order valence-electron chi connectivity index (χ2n) is 6.04. The highest BCUT2D eigenvalue weighted by Gasteiger charge is 2.26. The van der Waals surface area contributed by atoms with Crippen LogP contribution in [0, 0.1) is 5.82 Å². The third-order valence-corrected chi connectivity index (χ3v) is 3.94. The number of anilines is 1. The fourth-order valence-electron chi connectivity index (χ4n) is 2.88. The van der Waals surface area contributed by atoms with Crippen LogP contribution in [0.1, 0.15) is 39.5 Å². The lowest BCUT2D eigenvalue weighted by atomic mass is 10.0. The van der Waals surface area contributed by atoms with Crippen molar-refractivity contribution in [3.05, 3.63) is 24.0 Å². The monoisotopic (exact) mass is 322 g/mol. The molecule has 2 rings (SSSR count). The van der Waals surface area contributed by atoms with Gasteiger partial charge in [-0.3, -0.25) is 9.59 Å². The van der Waals surface area contributed by atoms with Crippen LogP contribution < -0.4 is 15.0 Å². The van der Waals surface area contributed by atoms with Gasteiger partial charge in [0.25, 0.3) is 0 Å². The molecule has 1 atom stereocenters. The normalized spacial score (nSPS) is 17.8. The standard InChI is InChI=1S/C17H23FN2O3/c1-11(2)20(13-7-8-15(23-3)14(18)10-13)17(22)9-12-5-4-6-16(21)19-12/h7-8,10-12H,4-6,9H2,1-3H3,(H,19,21). The second-order valence-corrected chi connectivity index (χ2v) is 6.04. The highest BCUT2D eigenvalue weighted by molar-refractivity contribution is 5.94. The SMILES string of the molecule is COc1ccc(N(C(=O)CC2CCCC(=O)N2)C(C)C)cc1F. The molecule has 1 aliphatic rings. The summed E-state index contributed by atoms with van der Waals surface area (Å²) in [4.78, 5) is 25.6. The Labute approximate surface area is 135 Å². The van der Waals surface area contributed by atoms with Gasteiger partial charge in [-0.1, -0.05) is 0 Å². The van der Waals surface area contributed by atoms with E-state index in [0.29, 0.717) is 12.1 Å². The Kier molecular flexibility index (Phi) is 5.58. The van der Waals surface area contributed by atoms with E-state index in [1.54, 1.807) is 11.0 Å². The smallest absolute Gasteiger partial charge is 0.229 e. The first kappa shape index (κ1) is 17.2. The Hall–Kier alpha value is -2.11. The first-order valence-corrected chi connectivity index (χ1v) is 7.87. The van der Waals surface area contributed by atoms with Crippen molar-refractivity contribution in [3.8, 4) is 5.75 Å². The maximum Gasteiger partial charge on any atom is 0.229 e. The summed E-state index contributed by atoms with van der Waals surface area (Å²) < 4.78 is 18.8.